The number of carbonyl (C=O) groups excluding carboxylic acids is 2. The molecule has 0 unspecified atom stereocenters. The van der Waals surface area contributed by atoms with E-state index in [2.05, 4.69) is 0 Å². The van der Waals surface area contributed by atoms with Crippen molar-refractivity contribution in [2.75, 3.05) is 39.9 Å². The zero-order valence-corrected chi connectivity index (χ0v) is 15.5. The van der Waals surface area contributed by atoms with Gasteiger partial charge in [0.1, 0.15) is 0 Å². The summed E-state index contributed by atoms with van der Waals surface area (Å²) in [7, 11) is 1.53. The average molecular weight is 367 g/mol. The van der Waals surface area contributed by atoms with E-state index >= 15 is 0 Å². The van der Waals surface area contributed by atoms with Gasteiger partial charge in [0.2, 0.25) is 11.8 Å². The number of halogens is 1. The summed E-state index contributed by atoms with van der Waals surface area (Å²) in [5.41, 5.74) is 0.755. The Balaban J connectivity index is 2.06. The smallest absolute Gasteiger partial charge is 0.246 e. The van der Waals surface area contributed by atoms with Crippen molar-refractivity contribution in [1.29, 1.82) is 0 Å². The maximum absolute atomic E-state index is 12.3. The third-order valence-electron chi connectivity index (χ3n) is 3.99. The number of hydrogen-bond acceptors (Lipinski definition) is 4. The molecular weight excluding hydrogens is 344 g/mol. The lowest BCUT2D eigenvalue weighted by Crippen LogP contribution is -2.49. The van der Waals surface area contributed by atoms with E-state index in [1.54, 1.807) is 34.9 Å². The highest BCUT2D eigenvalue weighted by Gasteiger charge is 2.20. The van der Waals surface area contributed by atoms with Crippen LogP contribution in [0.25, 0.3) is 6.08 Å². The van der Waals surface area contributed by atoms with Gasteiger partial charge in [0.05, 0.1) is 18.7 Å². The molecule has 0 saturated carbocycles. The molecule has 136 valence electrons. The van der Waals surface area contributed by atoms with Gasteiger partial charge in [0.15, 0.2) is 11.5 Å². The quantitative estimate of drug-likeness (QED) is 0.751. The van der Waals surface area contributed by atoms with Crippen LogP contribution in [0.5, 0.6) is 11.5 Å². The molecule has 0 N–H and O–H groups in total. The summed E-state index contributed by atoms with van der Waals surface area (Å²) in [6.07, 6.45) is 3.21. The highest BCUT2D eigenvalue weighted by atomic mass is 35.5. The number of methoxy groups -OCH3 is 1. The van der Waals surface area contributed by atoms with Crippen LogP contribution in [0.15, 0.2) is 18.2 Å². The molecule has 0 radical (unpaired) electrons. The van der Waals surface area contributed by atoms with Gasteiger partial charge in [-0.1, -0.05) is 11.6 Å². The third-order valence-corrected chi connectivity index (χ3v) is 4.27. The minimum absolute atomic E-state index is 0.0407. The van der Waals surface area contributed by atoms with Crippen molar-refractivity contribution < 1.29 is 19.1 Å². The SMILES string of the molecule is CCOc1cc(/C=C/C(=O)N2CCN(C(C)=O)CC2)cc(Cl)c1OC. The molecular formula is C18H23ClN2O4. The second kappa shape index (κ2) is 8.76. The Morgan fingerprint density at radius 1 is 1.20 bits per heavy atom. The summed E-state index contributed by atoms with van der Waals surface area (Å²) in [5, 5.41) is 0.427. The zero-order chi connectivity index (χ0) is 18.4. The lowest BCUT2D eigenvalue weighted by molar-refractivity contribution is -0.135. The summed E-state index contributed by atoms with van der Waals surface area (Å²) in [6.45, 7) is 6.11. The Bertz CT molecular complexity index is 667. The average Bonchev–Trinajstić information content (AvgIpc) is 2.60. The van der Waals surface area contributed by atoms with Gasteiger partial charge in [-0.2, -0.15) is 0 Å². The number of benzene rings is 1. The van der Waals surface area contributed by atoms with Crippen LogP contribution in [0.3, 0.4) is 0 Å². The molecule has 0 atom stereocenters. The van der Waals surface area contributed by atoms with Gasteiger partial charge >= 0.3 is 0 Å². The van der Waals surface area contributed by atoms with Crippen molar-refractivity contribution in [1.82, 2.24) is 9.80 Å². The number of piperazine rings is 1. The third kappa shape index (κ3) is 4.89. The predicted octanol–water partition coefficient (Wildman–Crippen LogP) is 2.45. The Morgan fingerprint density at radius 2 is 1.84 bits per heavy atom. The summed E-state index contributed by atoms with van der Waals surface area (Å²) in [4.78, 5) is 27.1. The van der Waals surface area contributed by atoms with Crippen LogP contribution < -0.4 is 9.47 Å². The minimum Gasteiger partial charge on any atom is -0.491 e. The molecule has 0 spiro atoms. The highest BCUT2D eigenvalue weighted by Crippen LogP contribution is 2.36. The summed E-state index contributed by atoms with van der Waals surface area (Å²) in [5.74, 6) is 0.971. The van der Waals surface area contributed by atoms with Crippen LogP contribution in [-0.2, 0) is 9.59 Å². The standard InChI is InChI=1S/C18H23ClN2O4/c1-4-25-16-12-14(11-15(19)18(16)24-3)5-6-17(23)21-9-7-20(8-10-21)13(2)22/h5-6,11-12H,4,7-10H2,1-3H3/b6-5+. The fourth-order valence-corrected chi connectivity index (χ4v) is 2.96. The second-order valence-electron chi connectivity index (χ2n) is 5.63. The molecule has 7 heteroatoms. The summed E-state index contributed by atoms with van der Waals surface area (Å²) < 4.78 is 10.8. The van der Waals surface area contributed by atoms with Gasteiger partial charge in [-0.3, -0.25) is 9.59 Å². The van der Waals surface area contributed by atoms with Crippen LogP contribution >= 0.6 is 11.6 Å². The fraction of sp³-hybridized carbons (Fsp3) is 0.444. The van der Waals surface area contributed by atoms with E-state index in [1.165, 1.54) is 13.2 Å². The molecule has 1 saturated heterocycles. The van der Waals surface area contributed by atoms with E-state index < -0.39 is 0 Å². The number of ether oxygens (including phenoxy) is 2. The van der Waals surface area contributed by atoms with Gasteiger partial charge in [0, 0.05) is 39.2 Å². The lowest BCUT2D eigenvalue weighted by Gasteiger charge is -2.33. The molecule has 1 fully saturated rings. The second-order valence-corrected chi connectivity index (χ2v) is 6.04. The van der Waals surface area contributed by atoms with Gasteiger partial charge < -0.3 is 19.3 Å². The maximum atomic E-state index is 12.3. The molecule has 2 amide bonds. The fourth-order valence-electron chi connectivity index (χ4n) is 2.66. The molecule has 1 aliphatic rings. The Kier molecular flexibility index (Phi) is 6.70. The first-order valence-corrected chi connectivity index (χ1v) is 8.56. The van der Waals surface area contributed by atoms with E-state index in [0.717, 1.165) is 5.56 Å². The molecule has 1 aliphatic heterocycles. The van der Waals surface area contributed by atoms with Crippen molar-refractivity contribution in [2.45, 2.75) is 13.8 Å². The van der Waals surface area contributed by atoms with Crippen molar-refractivity contribution >= 4 is 29.5 Å². The van der Waals surface area contributed by atoms with E-state index in [0.29, 0.717) is 49.3 Å². The van der Waals surface area contributed by atoms with E-state index in [-0.39, 0.29) is 11.8 Å². The van der Waals surface area contributed by atoms with Gasteiger partial charge in [-0.05, 0) is 30.7 Å². The number of nitrogens with zero attached hydrogens (tertiary/aromatic N) is 2. The summed E-state index contributed by atoms with van der Waals surface area (Å²) >= 11 is 6.21. The van der Waals surface area contributed by atoms with Crippen LogP contribution in [0, 0.1) is 0 Å². The maximum Gasteiger partial charge on any atom is 0.246 e. The predicted molar refractivity (Wildman–Crippen MR) is 97.0 cm³/mol. The van der Waals surface area contributed by atoms with Crippen molar-refractivity contribution in [3.05, 3.63) is 28.8 Å². The molecule has 0 aliphatic carbocycles. The van der Waals surface area contributed by atoms with Gasteiger partial charge in [-0.15, -0.1) is 0 Å². The first-order chi connectivity index (χ1) is 12.0. The number of carbonyl (C=O) groups is 2. The summed E-state index contributed by atoms with van der Waals surface area (Å²) in [6, 6.07) is 3.51. The minimum atomic E-state index is -0.0897. The first kappa shape index (κ1) is 19.1. The molecule has 1 aromatic rings. The van der Waals surface area contributed by atoms with Crippen LogP contribution in [0.1, 0.15) is 19.4 Å². The molecule has 1 aromatic carbocycles. The van der Waals surface area contributed by atoms with E-state index in [1.807, 2.05) is 6.92 Å². The largest absolute Gasteiger partial charge is 0.491 e. The van der Waals surface area contributed by atoms with Crippen molar-refractivity contribution in [3.8, 4) is 11.5 Å². The zero-order valence-electron chi connectivity index (χ0n) is 14.8. The van der Waals surface area contributed by atoms with Crippen LogP contribution in [-0.4, -0.2) is 61.5 Å². The molecule has 1 heterocycles. The Hall–Kier alpha value is -2.21. The number of rotatable bonds is 5. The van der Waals surface area contributed by atoms with Crippen LogP contribution in [0.4, 0.5) is 0 Å². The lowest BCUT2D eigenvalue weighted by atomic mass is 10.1. The highest BCUT2D eigenvalue weighted by molar-refractivity contribution is 6.32. The monoisotopic (exact) mass is 366 g/mol. The number of amides is 2. The van der Waals surface area contributed by atoms with E-state index in [9.17, 15) is 9.59 Å². The molecule has 2 rings (SSSR count). The van der Waals surface area contributed by atoms with Crippen molar-refractivity contribution in [3.63, 3.8) is 0 Å². The first-order valence-electron chi connectivity index (χ1n) is 8.19. The topological polar surface area (TPSA) is 59.1 Å². The van der Waals surface area contributed by atoms with Gasteiger partial charge in [-0.25, -0.2) is 0 Å². The van der Waals surface area contributed by atoms with Gasteiger partial charge in [0.25, 0.3) is 0 Å². The van der Waals surface area contributed by atoms with Crippen LogP contribution in [0.2, 0.25) is 5.02 Å². The Morgan fingerprint density at radius 3 is 2.40 bits per heavy atom. The Labute approximate surface area is 152 Å². The molecule has 6 nitrogen and oxygen atoms in total. The van der Waals surface area contributed by atoms with Crippen molar-refractivity contribution in [2.24, 2.45) is 0 Å². The molecule has 0 aromatic heterocycles. The van der Waals surface area contributed by atoms with E-state index in [4.69, 9.17) is 21.1 Å². The normalized spacial score (nSPS) is 14.7. The molecule has 0 bridgehead atoms. The molecule has 25 heavy (non-hydrogen) atoms. The number of hydrogen-bond donors (Lipinski definition) is 0.